The molecule has 118 valence electrons. The molecule has 1 N–H and O–H groups in total. The smallest absolute Gasteiger partial charge is 0.0703 e. The SMILES string of the molecule is CCCC[C@@H](/C(=C/[C@@H](C)O)Sc1ccc(C)cc1)C(C)C. The van der Waals surface area contributed by atoms with Crippen molar-refractivity contribution >= 4 is 11.8 Å². The average Bonchev–Trinajstić information content (AvgIpc) is 2.40. The number of hydrogen-bond donors (Lipinski definition) is 1. The number of aliphatic hydroxyl groups is 1. The first-order valence-corrected chi connectivity index (χ1v) is 8.90. The molecule has 0 aliphatic heterocycles. The molecular formula is C19H30OS. The molecule has 0 fully saturated rings. The van der Waals surface area contributed by atoms with Gasteiger partial charge in [0.25, 0.3) is 0 Å². The Kier molecular flexibility index (Phi) is 8.13. The van der Waals surface area contributed by atoms with Gasteiger partial charge < -0.3 is 5.11 Å². The zero-order valence-corrected chi connectivity index (χ0v) is 14.9. The standard InChI is InChI=1S/C19H30OS/c1-6-7-8-18(14(2)3)19(13-16(5)20)21-17-11-9-15(4)10-12-17/h9-14,16,18,20H,6-8H2,1-5H3/b19-13-/t16-,18-/m1/s1. The highest BCUT2D eigenvalue weighted by molar-refractivity contribution is 8.03. The van der Waals surface area contributed by atoms with Crippen LogP contribution in [0.15, 0.2) is 40.1 Å². The van der Waals surface area contributed by atoms with Crippen LogP contribution < -0.4 is 0 Å². The second-order valence-corrected chi connectivity index (χ2v) is 7.36. The number of hydrogen-bond acceptors (Lipinski definition) is 2. The van der Waals surface area contributed by atoms with E-state index in [1.54, 1.807) is 0 Å². The number of rotatable bonds is 8. The van der Waals surface area contributed by atoms with Crippen LogP contribution in [0.3, 0.4) is 0 Å². The molecule has 0 spiro atoms. The van der Waals surface area contributed by atoms with E-state index in [1.165, 1.54) is 34.6 Å². The zero-order chi connectivity index (χ0) is 15.8. The Hall–Kier alpha value is -0.730. The van der Waals surface area contributed by atoms with Gasteiger partial charge in [0.15, 0.2) is 0 Å². The van der Waals surface area contributed by atoms with Crippen LogP contribution in [0.25, 0.3) is 0 Å². The number of unbranched alkanes of at least 4 members (excludes halogenated alkanes) is 1. The number of aryl methyl sites for hydroxylation is 1. The molecule has 1 aromatic rings. The van der Waals surface area contributed by atoms with E-state index >= 15 is 0 Å². The summed E-state index contributed by atoms with van der Waals surface area (Å²) >= 11 is 1.81. The van der Waals surface area contributed by atoms with E-state index in [1.807, 2.05) is 24.8 Å². The molecule has 0 aliphatic carbocycles. The third-order valence-corrected chi connectivity index (χ3v) is 4.88. The Bertz CT molecular complexity index is 431. The summed E-state index contributed by atoms with van der Waals surface area (Å²) in [6.45, 7) is 10.8. The van der Waals surface area contributed by atoms with E-state index < -0.39 is 0 Å². The molecule has 0 aliphatic rings. The lowest BCUT2D eigenvalue weighted by atomic mass is 9.89. The molecule has 0 unspecified atom stereocenters. The van der Waals surface area contributed by atoms with Gasteiger partial charge >= 0.3 is 0 Å². The second kappa shape index (κ2) is 9.32. The van der Waals surface area contributed by atoms with E-state index in [2.05, 4.69) is 52.0 Å². The first-order valence-electron chi connectivity index (χ1n) is 8.08. The Morgan fingerprint density at radius 1 is 1.19 bits per heavy atom. The van der Waals surface area contributed by atoms with Crippen molar-refractivity contribution in [3.8, 4) is 0 Å². The van der Waals surface area contributed by atoms with Crippen molar-refractivity contribution in [1.29, 1.82) is 0 Å². The number of aliphatic hydroxyl groups excluding tert-OH is 1. The molecular weight excluding hydrogens is 276 g/mol. The highest BCUT2D eigenvalue weighted by Crippen LogP contribution is 2.38. The fourth-order valence-electron chi connectivity index (χ4n) is 2.44. The molecule has 2 atom stereocenters. The predicted octanol–water partition coefficient (Wildman–Crippen LogP) is 5.81. The van der Waals surface area contributed by atoms with Crippen molar-refractivity contribution in [2.75, 3.05) is 0 Å². The molecule has 0 aromatic heterocycles. The monoisotopic (exact) mass is 306 g/mol. The quantitative estimate of drug-likeness (QED) is 0.611. The second-order valence-electron chi connectivity index (χ2n) is 6.22. The highest BCUT2D eigenvalue weighted by atomic mass is 32.2. The van der Waals surface area contributed by atoms with Crippen LogP contribution in [0.2, 0.25) is 0 Å². The summed E-state index contributed by atoms with van der Waals surface area (Å²) in [5.41, 5.74) is 1.28. The molecule has 1 rings (SSSR count). The lowest BCUT2D eigenvalue weighted by Crippen LogP contribution is -2.12. The van der Waals surface area contributed by atoms with Gasteiger partial charge in [0.1, 0.15) is 0 Å². The predicted molar refractivity (Wildman–Crippen MR) is 94.7 cm³/mol. The van der Waals surface area contributed by atoms with Crippen molar-refractivity contribution in [2.24, 2.45) is 11.8 Å². The molecule has 1 aromatic carbocycles. The van der Waals surface area contributed by atoms with Crippen LogP contribution in [-0.2, 0) is 0 Å². The largest absolute Gasteiger partial charge is 0.389 e. The summed E-state index contributed by atoms with van der Waals surface area (Å²) < 4.78 is 0. The Balaban J connectivity index is 2.95. The average molecular weight is 307 g/mol. The minimum atomic E-state index is -0.388. The molecule has 0 heterocycles. The number of thioether (sulfide) groups is 1. The molecule has 0 amide bonds. The minimum absolute atomic E-state index is 0.388. The van der Waals surface area contributed by atoms with Gasteiger partial charge in [0.2, 0.25) is 0 Å². The van der Waals surface area contributed by atoms with Gasteiger partial charge in [-0.15, -0.1) is 0 Å². The van der Waals surface area contributed by atoms with Gasteiger partial charge in [0, 0.05) is 4.90 Å². The summed E-state index contributed by atoms with van der Waals surface area (Å²) in [7, 11) is 0. The van der Waals surface area contributed by atoms with Gasteiger partial charge in [-0.1, -0.05) is 63.1 Å². The van der Waals surface area contributed by atoms with E-state index in [4.69, 9.17) is 0 Å². The summed E-state index contributed by atoms with van der Waals surface area (Å²) in [5.74, 6) is 1.13. The fourth-order valence-corrected chi connectivity index (χ4v) is 3.79. The Morgan fingerprint density at radius 3 is 2.29 bits per heavy atom. The van der Waals surface area contributed by atoms with Crippen LogP contribution in [0, 0.1) is 18.8 Å². The molecule has 21 heavy (non-hydrogen) atoms. The summed E-state index contributed by atoms with van der Waals surface area (Å²) in [6.07, 6.45) is 5.31. The van der Waals surface area contributed by atoms with Crippen LogP contribution in [-0.4, -0.2) is 11.2 Å². The Labute approximate surface area is 134 Å². The van der Waals surface area contributed by atoms with Gasteiger partial charge in [-0.25, -0.2) is 0 Å². The maximum absolute atomic E-state index is 9.81. The lowest BCUT2D eigenvalue weighted by molar-refractivity contribution is 0.242. The van der Waals surface area contributed by atoms with E-state index in [-0.39, 0.29) is 6.10 Å². The molecule has 0 saturated carbocycles. The third-order valence-electron chi connectivity index (χ3n) is 3.70. The van der Waals surface area contributed by atoms with Gasteiger partial charge in [-0.05, 0) is 55.2 Å². The van der Waals surface area contributed by atoms with Crippen molar-refractivity contribution in [1.82, 2.24) is 0 Å². The van der Waals surface area contributed by atoms with E-state index in [0.29, 0.717) is 11.8 Å². The van der Waals surface area contributed by atoms with Crippen LogP contribution >= 0.6 is 11.8 Å². The summed E-state index contributed by atoms with van der Waals surface area (Å²) in [6, 6.07) is 8.65. The summed E-state index contributed by atoms with van der Waals surface area (Å²) in [5, 5.41) is 9.81. The van der Waals surface area contributed by atoms with Crippen molar-refractivity contribution in [2.45, 2.75) is 64.9 Å². The topological polar surface area (TPSA) is 20.2 Å². The molecule has 0 radical (unpaired) electrons. The van der Waals surface area contributed by atoms with Crippen LogP contribution in [0.5, 0.6) is 0 Å². The van der Waals surface area contributed by atoms with Crippen molar-refractivity contribution in [3.05, 3.63) is 40.8 Å². The van der Waals surface area contributed by atoms with Crippen LogP contribution in [0.1, 0.15) is 52.5 Å². The van der Waals surface area contributed by atoms with E-state index in [9.17, 15) is 5.11 Å². The number of benzene rings is 1. The van der Waals surface area contributed by atoms with Crippen LogP contribution in [0.4, 0.5) is 0 Å². The maximum atomic E-state index is 9.81. The molecule has 2 heteroatoms. The van der Waals surface area contributed by atoms with E-state index in [0.717, 1.165) is 0 Å². The fraction of sp³-hybridized carbons (Fsp3) is 0.579. The highest BCUT2D eigenvalue weighted by Gasteiger charge is 2.19. The van der Waals surface area contributed by atoms with Gasteiger partial charge in [-0.2, -0.15) is 0 Å². The maximum Gasteiger partial charge on any atom is 0.0703 e. The molecule has 0 bridgehead atoms. The van der Waals surface area contributed by atoms with Crippen molar-refractivity contribution in [3.63, 3.8) is 0 Å². The normalized spacial score (nSPS) is 15.3. The number of allylic oxidation sites excluding steroid dienone is 1. The van der Waals surface area contributed by atoms with Gasteiger partial charge in [-0.3, -0.25) is 0 Å². The molecule has 0 saturated heterocycles. The molecule has 1 nitrogen and oxygen atoms in total. The van der Waals surface area contributed by atoms with Crippen molar-refractivity contribution < 1.29 is 5.11 Å². The zero-order valence-electron chi connectivity index (χ0n) is 14.1. The third kappa shape index (κ3) is 6.71. The first-order chi connectivity index (χ1) is 9.93. The first kappa shape index (κ1) is 18.3. The lowest BCUT2D eigenvalue weighted by Gasteiger charge is -2.24. The Morgan fingerprint density at radius 2 is 1.81 bits per heavy atom. The summed E-state index contributed by atoms with van der Waals surface area (Å²) in [4.78, 5) is 2.58. The van der Waals surface area contributed by atoms with Gasteiger partial charge in [0.05, 0.1) is 6.10 Å². The minimum Gasteiger partial charge on any atom is -0.389 e.